The molecule has 3 heteroatoms. The highest BCUT2D eigenvalue weighted by molar-refractivity contribution is 6.25. The van der Waals surface area contributed by atoms with Gasteiger partial charge in [0.2, 0.25) is 0 Å². The Morgan fingerprint density at radius 1 is 1.67 bits per heavy atom. The lowest BCUT2D eigenvalue weighted by Gasteiger charge is -2.36. The summed E-state index contributed by atoms with van der Waals surface area (Å²) in [6, 6.07) is 0. The molecule has 0 aromatic carbocycles. The number of carbonyl (C=O) groups is 1. The van der Waals surface area contributed by atoms with E-state index in [9.17, 15) is 9.90 Å². The van der Waals surface area contributed by atoms with Crippen LogP contribution in [0.3, 0.4) is 0 Å². The first kappa shape index (κ1) is 12.6. The van der Waals surface area contributed by atoms with Crippen LogP contribution in [0.5, 0.6) is 0 Å². The summed E-state index contributed by atoms with van der Waals surface area (Å²) in [6.45, 7) is 4.04. The van der Waals surface area contributed by atoms with Gasteiger partial charge in [-0.2, -0.15) is 0 Å². The van der Waals surface area contributed by atoms with Crippen molar-refractivity contribution >= 4 is 17.6 Å². The summed E-state index contributed by atoms with van der Waals surface area (Å²) >= 11 is 5.62. The third-order valence-corrected chi connectivity index (χ3v) is 3.72. The van der Waals surface area contributed by atoms with Crippen LogP contribution in [-0.4, -0.2) is 11.1 Å². The van der Waals surface area contributed by atoms with Gasteiger partial charge in [-0.3, -0.25) is 4.79 Å². The van der Waals surface area contributed by atoms with Crippen molar-refractivity contribution in [2.75, 3.05) is 0 Å². The zero-order valence-electron chi connectivity index (χ0n) is 9.42. The van der Waals surface area contributed by atoms with E-state index < -0.39 is 11.4 Å². The fraction of sp³-hybridized carbons (Fsp3) is 0.750. The van der Waals surface area contributed by atoms with Gasteiger partial charge < -0.3 is 5.11 Å². The molecule has 0 spiro atoms. The van der Waals surface area contributed by atoms with E-state index in [4.69, 9.17) is 11.6 Å². The lowest BCUT2D eigenvalue weighted by Crippen LogP contribution is -2.36. The Kier molecular flexibility index (Phi) is 4.21. The molecule has 0 bridgehead atoms. The van der Waals surface area contributed by atoms with Gasteiger partial charge in [-0.15, -0.1) is 0 Å². The molecule has 86 valence electrons. The number of hydrogen-bond donors (Lipinski definition) is 1. The minimum atomic E-state index is -0.660. The normalized spacial score (nSPS) is 32.7. The van der Waals surface area contributed by atoms with Crippen molar-refractivity contribution in [3.05, 3.63) is 11.1 Å². The molecule has 1 N–H and O–H groups in total. The molecule has 0 aromatic heterocycles. The maximum Gasteiger partial charge on any atom is 0.309 e. The number of halogens is 1. The number of allylic oxidation sites excluding steroid dienone is 1. The minimum Gasteiger partial charge on any atom is -0.481 e. The van der Waals surface area contributed by atoms with Gasteiger partial charge in [0.25, 0.3) is 0 Å². The topological polar surface area (TPSA) is 37.3 Å². The predicted octanol–water partition coefficient (Wildman–Crippen LogP) is 3.80. The average Bonchev–Trinajstić information content (AvgIpc) is 2.17. The van der Waals surface area contributed by atoms with E-state index in [1.54, 1.807) is 0 Å². The first-order valence-corrected chi connectivity index (χ1v) is 5.93. The van der Waals surface area contributed by atoms with E-state index in [1.807, 2.05) is 6.92 Å². The summed E-state index contributed by atoms with van der Waals surface area (Å²) in [4.78, 5) is 11.4. The van der Waals surface area contributed by atoms with E-state index in [0.717, 1.165) is 31.3 Å². The maximum atomic E-state index is 11.4. The van der Waals surface area contributed by atoms with Gasteiger partial charge in [0.05, 0.1) is 5.41 Å². The largest absolute Gasteiger partial charge is 0.481 e. The smallest absolute Gasteiger partial charge is 0.309 e. The van der Waals surface area contributed by atoms with Gasteiger partial charge in [0, 0.05) is 5.54 Å². The summed E-state index contributed by atoms with van der Waals surface area (Å²) in [5, 5.41) is 9.38. The molecular weight excluding hydrogens is 212 g/mol. The Hall–Kier alpha value is -0.500. The van der Waals surface area contributed by atoms with Gasteiger partial charge in [-0.1, -0.05) is 36.9 Å². The molecule has 0 saturated heterocycles. The monoisotopic (exact) mass is 230 g/mol. The van der Waals surface area contributed by atoms with Crippen LogP contribution in [-0.2, 0) is 4.79 Å². The Labute approximate surface area is 96.3 Å². The number of aliphatic carboxylic acids is 1. The number of hydrogen-bond acceptors (Lipinski definition) is 1. The Morgan fingerprint density at radius 2 is 2.33 bits per heavy atom. The van der Waals surface area contributed by atoms with Crippen LogP contribution in [0.25, 0.3) is 0 Å². The van der Waals surface area contributed by atoms with E-state index in [2.05, 4.69) is 6.92 Å². The first-order chi connectivity index (χ1) is 7.00. The molecular formula is C12H19ClO2. The van der Waals surface area contributed by atoms with E-state index in [1.165, 1.54) is 5.54 Å². The van der Waals surface area contributed by atoms with Gasteiger partial charge in [0.15, 0.2) is 0 Å². The summed E-state index contributed by atoms with van der Waals surface area (Å²) in [7, 11) is 0. The van der Waals surface area contributed by atoms with Crippen LogP contribution < -0.4 is 0 Å². The third kappa shape index (κ3) is 2.97. The van der Waals surface area contributed by atoms with Crippen molar-refractivity contribution in [3.8, 4) is 0 Å². The summed E-state index contributed by atoms with van der Waals surface area (Å²) in [5.41, 5.74) is 1.91. The van der Waals surface area contributed by atoms with Crippen molar-refractivity contribution < 1.29 is 9.90 Å². The summed E-state index contributed by atoms with van der Waals surface area (Å²) < 4.78 is 0. The molecule has 2 atom stereocenters. The molecule has 2 unspecified atom stereocenters. The number of carboxylic acid groups (broad SMARTS) is 1. The molecule has 1 saturated carbocycles. The summed E-state index contributed by atoms with van der Waals surface area (Å²) in [6.07, 6.45) is 4.33. The first-order valence-electron chi connectivity index (χ1n) is 5.49. The van der Waals surface area contributed by atoms with E-state index in [-0.39, 0.29) is 0 Å². The molecule has 2 nitrogen and oxygen atoms in total. The van der Waals surface area contributed by atoms with Crippen LogP contribution in [0.1, 0.15) is 46.0 Å². The molecule has 0 aliphatic heterocycles. The number of rotatable bonds is 3. The second-order valence-corrected chi connectivity index (χ2v) is 5.14. The number of carboxylic acids is 1. The van der Waals surface area contributed by atoms with Crippen molar-refractivity contribution in [2.24, 2.45) is 11.3 Å². The van der Waals surface area contributed by atoms with Crippen LogP contribution in [0.4, 0.5) is 0 Å². The van der Waals surface area contributed by atoms with Crippen molar-refractivity contribution in [1.29, 1.82) is 0 Å². The molecule has 0 radical (unpaired) electrons. The van der Waals surface area contributed by atoms with Crippen LogP contribution >= 0.6 is 11.6 Å². The fourth-order valence-electron chi connectivity index (χ4n) is 2.66. The molecule has 1 aliphatic rings. The zero-order chi connectivity index (χ0) is 11.5. The lowest BCUT2D eigenvalue weighted by atomic mass is 9.67. The van der Waals surface area contributed by atoms with Gasteiger partial charge in [-0.25, -0.2) is 0 Å². The van der Waals surface area contributed by atoms with Crippen molar-refractivity contribution in [1.82, 2.24) is 0 Å². The molecule has 0 heterocycles. The maximum absolute atomic E-state index is 11.4. The summed E-state index contributed by atoms with van der Waals surface area (Å²) in [5.74, 6) is -0.148. The van der Waals surface area contributed by atoms with Crippen LogP contribution in [0.2, 0.25) is 0 Å². The van der Waals surface area contributed by atoms with E-state index >= 15 is 0 Å². The third-order valence-electron chi connectivity index (χ3n) is 3.35. The van der Waals surface area contributed by atoms with Crippen LogP contribution in [0, 0.1) is 11.3 Å². The Morgan fingerprint density at radius 3 is 2.80 bits per heavy atom. The quantitative estimate of drug-likeness (QED) is 0.801. The predicted molar refractivity (Wildman–Crippen MR) is 61.9 cm³/mol. The second kappa shape index (κ2) is 5.02. The average molecular weight is 231 g/mol. The highest BCUT2D eigenvalue weighted by atomic mass is 35.5. The highest BCUT2D eigenvalue weighted by Crippen LogP contribution is 2.44. The fourth-order valence-corrected chi connectivity index (χ4v) is 2.74. The minimum absolute atomic E-state index is 0.512. The van der Waals surface area contributed by atoms with Crippen LogP contribution in [0.15, 0.2) is 11.1 Å². The molecule has 1 aliphatic carbocycles. The molecule has 1 rings (SSSR count). The van der Waals surface area contributed by atoms with Crippen molar-refractivity contribution in [3.63, 3.8) is 0 Å². The lowest BCUT2D eigenvalue weighted by molar-refractivity contribution is -0.152. The molecule has 15 heavy (non-hydrogen) atoms. The van der Waals surface area contributed by atoms with Gasteiger partial charge >= 0.3 is 5.97 Å². The molecule has 1 fully saturated rings. The zero-order valence-corrected chi connectivity index (χ0v) is 10.2. The molecule has 0 amide bonds. The van der Waals surface area contributed by atoms with Gasteiger partial charge in [-0.05, 0) is 32.1 Å². The van der Waals surface area contributed by atoms with E-state index in [0.29, 0.717) is 12.3 Å². The van der Waals surface area contributed by atoms with Crippen molar-refractivity contribution in [2.45, 2.75) is 46.0 Å². The Balaban J connectivity index is 2.82. The SMILES string of the molecule is C/C(=C\Cl)CC1(C(=O)O)CCCC(C)C1. The highest BCUT2D eigenvalue weighted by Gasteiger charge is 2.41. The standard InChI is InChI=1S/C12H19ClO2/c1-9-4-3-5-12(6-9,11(14)15)7-10(2)8-13/h8-9H,3-7H2,1-2H3,(H,14,15)/b10-8+. The van der Waals surface area contributed by atoms with Gasteiger partial charge in [0.1, 0.15) is 0 Å². The second-order valence-electron chi connectivity index (χ2n) is 4.92. The molecule has 0 aromatic rings. The Bertz CT molecular complexity index is 273.